The number of aryl methyl sites for hydroxylation is 1. The molecule has 1 saturated heterocycles. The van der Waals surface area contributed by atoms with Gasteiger partial charge in [-0.2, -0.15) is 11.8 Å². The monoisotopic (exact) mass is 337 g/mol. The summed E-state index contributed by atoms with van der Waals surface area (Å²) in [5, 5.41) is 12.4. The average Bonchev–Trinajstić information content (AvgIpc) is 3.10. The molecule has 6 nitrogen and oxygen atoms in total. The van der Waals surface area contributed by atoms with Crippen LogP contribution in [-0.2, 0) is 13.0 Å². The number of aromatic nitrogens is 3. The lowest BCUT2D eigenvalue weighted by Gasteiger charge is -2.38. The highest BCUT2D eigenvalue weighted by molar-refractivity contribution is 8.00. The Morgan fingerprint density at radius 2 is 2.09 bits per heavy atom. The van der Waals surface area contributed by atoms with Crippen molar-refractivity contribution in [3.05, 3.63) is 11.6 Å². The van der Waals surface area contributed by atoms with E-state index in [1.54, 1.807) is 0 Å². The number of urea groups is 1. The lowest BCUT2D eigenvalue weighted by molar-refractivity contribution is 0.172. The molecule has 3 atom stereocenters. The summed E-state index contributed by atoms with van der Waals surface area (Å²) in [6.45, 7) is 10.4. The van der Waals surface area contributed by atoms with Crippen molar-refractivity contribution in [3.63, 3.8) is 0 Å². The van der Waals surface area contributed by atoms with E-state index in [0.717, 1.165) is 43.3 Å². The van der Waals surface area contributed by atoms with E-state index in [-0.39, 0.29) is 24.0 Å². The predicted molar refractivity (Wildman–Crippen MR) is 92.5 cm³/mol. The number of amides is 2. The van der Waals surface area contributed by atoms with Crippen molar-refractivity contribution >= 4 is 17.8 Å². The van der Waals surface area contributed by atoms with Gasteiger partial charge in [-0.25, -0.2) is 4.79 Å². The molecule has 0 spiro atoms. The van der Waals surface area contributed by atoms with Gasteiger partial charge in [0.1, 0.15) is 5.82 Å². The summed E-state index contributed by atoms with van der Waals surface area (Å²) in [5.41, 5.74) is 0. The van der Waals surface area contributed by atoms with Gasteiger partial charge in [0.15, 0.2) is 5.82 Å². The Hall–Kier alpha value is -1.24. The SMILES string of the molecule is CC(C)[C@H](NC(=O)N1CCS[C@@H](C)[C@H]1C)c1nnc2n1CCC2. The largest absolute Gasteiger partial charge is 0.328 e. The molecule has 0 unspecified atom stereocenters. The van der Waals surface area contributed by atoms with E-state index >= 15 is 0 Å². The highest BCUT2D eigenvalue weighted by Gasteiger charge is 2.33. The Labute approximate surface area is 142 Å². The minimum Gasteiger partial charge on any atom is -0.328 e. The molecule has 7 heteroatoms. The van der Waals surface area contributed by atoms with Gasteiger partial charge in [-0.1, -0.05) is 20.8 Å². The Balaban J connectivity index is 1.76. The summed E-state index contributed by atoms with van der Waals surface area (Å²) in [6.07, 6.45) is 2.11. The molecule has 3 heterocycles. The van der Waals surface area contributed by atoms with Crippen molar-refractivity contribution in [1.82, 2.24) is 25.0 Å². The number of carbonyl (C=O) groups is 1. The fourth-order valence-corrected chi connectivity index (χ4v) is 4.47. The maximum Gasteiger partial charge on any atom is 0.318 e. The van der Waals surface area contributed by atoms with E-state index in [4.69, 9.17) is 0 Å². The number of hydrogen-bond donors (Lipinski definition) is 1. The normalized spacial score (nSPS) is 25.5. The van der Waals surface area contributed by atoms with Crippen molar-refractivity contribution in [1.29, 1.82) is 0 Å². The molecule has 0 aromatic carbocycles. The van der Waals surface area contributed by atoms with Crippen LogP contribution < -0.4 is 5.32 Å². The lowest BCUT2D eigenvalue weighted by atomic mass is 10.0. The fourth-order valence-electron chi connectivity index (χ4n) is 3.37. The van der Waals surface area contributed by atoms with Crippen LogP contribution in [0.15, 0.2) is 0 Å². The van der Waals surface area contributed by atoms with Crippen LogP contribution in [0.2, 0.25) is 0 Å². The summed E-state index contributed by atoms with van der Waals surface area (Å²) in [4.78, 5) is 14.8. The maximum atomic E-state index is 12.8. The van der Waals surface area contributed by atoms with Gasteiger partial charge in [0.2, 0.25) is 0 Å². The zero-order valence-corrected chi connectivity index (χ0v) is 15.3. The first-order chi connectivity index (χ1) is 11.0. The van der Waals surface area contributed by atoms with E-state index in [1.807, 2.05) is 16.7 Å². The van der Waals surface area contributed by atoms with Gasteiger partial charge in [-0.3, -0.25) is 0 Å². The van der Waals surface area contributed by atoms with E-state index in [9.17, 15) is 4.79 Å². The number of thioether (sulfide) groups is 1. The summed E-state index contributed by atoms with van der Waals surface area (Å²) in [6, 6.07) is 0.198. The van der Waals surface area contributed by atoms with Gasteiger partial charge in [0.05, 0.1) is 6.04 Å². The summed E-state index contributed by atoms with van der Waals surface area (Å²) in [7, 11) is 0. The molecular formula is C16H27N5OS. The van der Waals surface area contributed by atoms with Crippen LogP contribution in [0.1, 0.15) is 51.8 Å². The molecular weight excluding hydrogens is 310 g/mol. The van der Waals surface area contributed by atoms with Gasteiger partial charge in [0.25, 0.3) is 0 Å². The standard InChI is InChI=1S/C16H27N5OS/c1-10(2)14(15-19-18-13-6-5-7-21(13)15)17-16(22)20-8-9-23-12(4)11(20)3/h10-12,14H,5-9H2,1-4H3,(H,17,22)/t11-,12+,14+/m1/s1. The highest BCUT2D eigenvalue weighted by atomic mass is 32.2. The molecule has 0 bridgehead atoms. The predicted octanol–water partition coefficient (Wildman–Crippen LogP) is 2.46. The molecule has 2 amide bonds. The minimum absolute atomic E-state index is 0.0266. The van der Waals surface area contributed by atoms with Gasteiger partial charge >= 0.3 is 6.03 Å². The van der Waals surface area contributed by atoms with E-state index < -0.39 is 0 Å². The first kappa shape index (κ1) is 16.6. The first-order valence-electron chi connectivity index (χ1n) is 8.59. The van der Waals surface area contributed by atoms with Gasteiger partial charge in [-0.15, -0.1) is 10.2 Å². The second kappa shape index (κ2) is 6.71. The molecule has 0 aliphatic carbocycles. The topological polar surface area (TPSA) is 63.1 Å². The van der Waals surface area contributed by atoms with Gasteiger partial charge in [0, 0.05) is 36.6 Å². The number of nitrogens with one attached hydrogen (secondary N) is 1. The van der Waals surface area contributed by atoms with Crippen LogP contribution in [0.3, 0.4) is 0 Å². The summed E-state index contributed by atoms with van der Waals surface area (Å²) < 4.78 is 2.18. The summed E-state index contributed by atoms with van der Waals surface area (Å²) >= 11 is 1.94. The Bertz CT molecular complexity index is 573. The lowest BCUT2D eigenvalue weighted by Crippen LogP contribution is -2.53. The summed E-state index contributed by atoms with van der Waals surface area (Å²) in [5.74, 6) is 3.25. The van der Waals surface area contributed by atoms with Crippen LogP contribution in [0.5, 0.6) is 0 Å². The van der Waals surface area contributed by atoms with E-state index in [1.165, 1.54) is 0 Å². The van der Waals surface area contributed by atoms with Crippen LogP contribution >= 0.6 is 11.8 Å². The Morgan fingerprint density at radius 3 is 2.83 bits per heavy atom. The molecule has 1 fully saturated rings. The zero-order valence-electron chi connectivity index (χ0n) is 14.5. The maximum absolute atomic E-state index is 12.8. The fraction of sp³-hybridized carbons (Fsp3) is 0.812. The van der Waals surface area contributed by atoms with Crippen LogP contribution in [0.4, 0.5) is 4.79 Å². The molecule has 3 rings (SSSR count). The van der Waals surface area contributed by atoms with E-state index in [2.05, 4.69) is 47.8 Å². The van der Waals surface area contributed by atoms with Gasteiger partial charge < -0.3 is 14.8 Å². The quantitative estimate of drug-likeness (QED) is 0.920. The third-order valence-corrected chi connectivity index (χ3v) is 6.34. The number of carbonyl (C=O) groups excluding carboxylic acids is 1. The van der Waals surface area contributed by atoms with Crippen molar-refractivity contribution in [2.75, 3.05) is 12.3 Å². The van der Waals surface area contributed by atoms with Gasteiger partial charge in [-0.05, 0) is 19.3 Å². The molecule has 1 N–H and O–H groups in total. The minimum atomic E-state index is -0.0843. The second-order valence-corrected chi connectivity index (χ2v) is 8.40. The molecule has 1 aromatic heterocycles. The molecule has 0 saturated carbocycles. The highest BCUT2D eigenvalue weighted by Crippen LogP contribution is 2.27. The smallest absolute Gasteiger partial charge is 0.318 e. The first-order valence-corrected chi connectivity index (χ1v) is 9.64. The van der Waals surface area contributed by atoms with Crippen LogP contribution in [-0.4, -0.2) is 49.3 Å². The number of nitrogens with zero attached hydrogens (tertiary/aromatic N) is 4. The molecule has 2 aliphatic heterocycles. The molecule has 0 radical (unpaired) electrons. The third kappa shape index (κ3) is 3.20. The van der Waals surface area contributed by atoms with Crippen LogP contribution in [0.25, 0.3) is 0 Å². The van der Waals surface area contributed by atoms with E-state index in [0.29, 0.717) is 5.25 Å². The zero-order chi connectivity index (χ0) is 16.6. The van der Waals surface area contributed by atoms with Crippen molar-refractivity contribution in [3.8, 4) is 0 Å². The number of rotatable bonds is 3. The Kier molecular flexibility index (Phi) is 4.85. The number of hydrogen-bond acceptors (Lipinski definition) is 4. The van der Waals surface area contributed by atoms with Crippen molar-refractivity contribution < 1.29 is 4.79 Å². The third-order valence-electron chi connectivity index (χ3n) is 5.01. The number of fused-ring (bicyclic) bond motifs is 1. The van der Waals surface area contributed by atoms with Crippen molar-refractivity contribution in [2.45, 2.75) is 64.4 Å². The molecule has 1 aromatic rings. The van der Waals surface area contributed by atoms with Crippen LogP contribution in [0, 0.1) is 5.92 Å². The second-order valence-electron chi connectivity index (χ2n) is 6.91. The Morgan fingerprint density at radius 1 is 1.30 bits per heavy atom. The average molecular weight is 337 g/mol. The molecule has 128 valence electrons. The molecule has 23 heavy (non-hydrogen) atoms. The van der Waals surface area contributed by atoms with Crippen molar-refractivity contribution in [2.24, 2.45) is 5.92 Å². The molecule has 2 aliphatic rings.